The lowest BCUT2D eigenvalue weighted by Crippen LogP contribution is -2.36. The molecule has 3 unspecified atom stereocenters. The van der Waals surface area contributed by atoms with Crippen molar-refractivity contribution in [2.45, 2.75) is 44.9 Å². The van der Waals surface area contributed by atoms with E-state index in [0.29, 0.717) is 6.04 Å². The van der Waals surface area contributed by atoms with Crippen LogP contribution in [0.3, 0.4) is 0 Å². The number of benzene rings is 1. The van der Waals surface area contributed by atoms with E-state index < -0.39 is 0 Å². The van der Waals surface area contributed by atoms with Gasteiger partial charge in [-0.3, -0.25) is 0 Å². The molecule has 1 fully saturated rings. The van der Waals surface area contributed by atoms with E-state index in [4.69, 9.17) is 14.2 Å². The number of fused-ring (bicyclic) bond motifs is 1. The van der Waals surface area contributed by atoms with Gasteiger partial charge in [0.25, 0.3) is 0 Å². The molecule has 4 heteroatoms. The minimum Gasteiger partial charge on any atom is -0.490 e. The molecule has 0 radical (unpaired) electrons. The van der Waals surface area contributed by atoms with Crippen molar-refractivity contribution >= 4 is 0 Å². The van der Waals surface area contributed by atoms with Crippen LogP contribution in [0.25, 0.3) is 0 Å². The van der Waals surface area contributed by atoms with Gasteiger partial charge in [0, 0.05) is 25.1 Å². The third-order valence-corrected chi connectivity index (χ3v) is 4.11. The van der Waals surface area contributed by atoms with Gasteiger partial charge in [-0.1, -0.05) is 6.07 Å². The lowest BCUT2D eigenvalue weighted by molar-refractivity contribution is 0.111. The van der Waals surface area contributed by atoms with E-state index in [9.17, 15) is 0 Å². The van der Waals surface area contributed by atoms with E-state index in [0.717, 1.165) is 44.2 Å². The highest BCUT2D eigenvalue weighted by Gasteiger charge is 2.25. The van der Waals surface area contributed by atoms with Crippen molar-refractivity contribution in [3.8, 4) is 11.5 Å². The average Bonchev–Trinajstić information content (AvgIpc) is 2.73. The molecule has 1 saturated heterocycles. The van der Waals surface area contributed by atoms with Gasteiger partial charge in [0.05, 0.1) is 19.3 Å². The number of ether oxygens (including phenoxy) is 3. The summed E-state index contributed by atoms with van der Waals surface area (Å²) in [5.74, 6) is 1.72. The van der Waals surface area contributed by atoms with Crippen molar-refractivity contribution in [3.63, 3.8) is 0 Å². The predicted molar refractivity (Wildman–Crippen MR) is 77.4 cm³/mol. The van der Waals surface area contributed by atoms with E-state index in [1.165, 1.54) is 5.56 Å². The fourth-order valence-electron chi connectivity index (χ4n) is 2.82. The maximum atomic E-state index is 5.75. The average molecular weight is 277 g/mol. The molecule has 1 aromatic carbocycles. The molecule has 110 valence electrons. The molecule has 2 aliphatic rings. The van der Waals surface area contributed by atoms with Gasteiger partial charge in [0.15, 0.2) is 11.5 Å². The van der Waals surface area contributed by atoms with Crippen molar-refractivity contribution in [1.82, 2.24) is 5.32 Å². The summed E-state index contributed by atoms with van der Waals surface area (Å²) >= 11 is 0. The Morgan fingerprint density at radius 3 is 2.70 bits per heavy atom. The molecule has 1 N–H and O–H groups in total. The number of hydrogen-bond acceptors (Lipinski definition) is 4. The predicted octanol–water partition coefficient (Wildman–Crippen LogP) is 2.68. The van der Waals surface area contributed by atoms with Crippen molar-refractivity contribution in [1.29, 1.82) is 0 Å². The Bertz CT molecular complexity index is 463. The minimum absolute atomic E-state index is 0.279. The molecule has 4 nitrogen and oxygen atoms in total. The van der Waals surface area contributed by atoms with Crippen LogP contribution >= 0.6 is 0 Å². The SMILES string of the molecule is CC(NC1CCOC1C)c1ccc2c(c1)OCCCO2. The van der Waals surface area contributed by atoms with Crippen LogP contribution in [0.1, 0.15) is 38.3 Å². The first-order valence-electron chi connectivity index (χ1n) is 7.51. The van der Waals surface area contributed by atoms with E-state index in [-0.39, 0.29) is 12.1 Å². The largest absolute Gasteiger partial charge is 0.490 e. The van der Waals surface area contributed by atoms with Gasteiger partial charge in [-0.05, 0) is 38.0 Å². The molecule has 20 heavy (non-hydrogen) atoms. The summed E-state index contributed by atoms with van der Waals surface area (Å²) in [6, 6.07) is 6.94. The van der Waals surface area contributed by atoms with Gasteiger partial charge in [-0.2, -0.15) is 0 Å². The zero-order chi connectivity index (χ0) is 13.9. The highest BCUT2D eigenvalue weighted by molar-refractivity contribution is 5.44. The Morgan fingerprint density at radius 2 is 1.95 bits per heavy atom. The van der Waals surface area contributed by atoms with E-state index in [1.807, 2.05) is 6.07 Å². The molecule has 2 aliphatic heterocycles. The summed E-state index contributed by atoms with van der Waals surface area (Å²) in [6.45, 7) is 6.63. The summed E-state index contributed by atoms with van der Waals surface area (Å²) in [5.41, 5.74) is 1.23. The quantitative estimate of drug-likeness (QED) is 0.922. The Balaban J connectivity index is 1.71. The number of hydrogen-bond donors (Lipinski definition) is 1. The third kappa shape index (κ3) is 2.91. The second-order valence-corrected chi connectivity index (χ2v) is 5.62. The summed E-state index contributed by atoms with van der Waals surface area (Å²) < 4.78 is 17.0. The van der Waals surface area contributed by atoms with Crippen molar-refractivity contribution in [3.05, 3.63) is 23.8 Å². The van der Waals surface area contributed by atoms with Crippen LogP contribution in [-0.4, -0.2) is 32.0 Å². The van der Waals surface area contributed by atoms with Gasteiger partial charge in [0.1, 0.15) is 0 Å². The summed E-state index contributed by atoms with van der Waals surface area (Å²) in [6.07, 6.45) is 2.31. The Hall–Kier alpha value is -1.26. The molecule has 0 amide bonds. The van der Waals surface area contributed by atoms with Crippen LogP contribution in [0.2, 0.25) is 0 Å². The zero-order valence-corrected chi connectivity index (χ0v) is 12.2. The highest BCUT2D eigenvalue weighted by atomic mass is 16.5. The molecule has 3 atom stereocenters. The van der Waals surface area contributed by atoms with Gasteiger partial charge in [0.2, 0.25) is 0 Å². The molecule has 3 rings (SSSR count). The smallest absolute Gasteiger partial charge is 0.161 e. The van der Waals surface area contributed by atoms with Gasteiger partial charge < -0.3 is 19.5 Å². The maximum Gasteiger partial charge on any atom is 0.161 e. The lowest BCUT2D eigenvalue weighted by Gasteiger charge is -2.22. The minimum atomic E-state index is 0.279. The highest BCUT2D eigenvalue weighted by Crippen LogP contribution is 2.32. The fraction of sp³-hybridized carbons (Fsp3) is 0.625. The van der Waals surface area contributed by atoms with Crippen LogP contribution in [0.4, 0.5) is 0 Å². The topological polar surface area (TPSA) is 39.7 Å². The second kappa shape index (κ2) is 6.02. The van der Waals surface area contributed by atoms with Crippen molar-refractivity contribution in [2.24, 2.45) is 0 Å². The molecule has 0 aliphatic carbocycles. The molecule has 2 heterocycles. The molecule has 0 saturated carbocycles. The van der Waals surface area contributed by atoms with Crippen LogP contribution in [0.15, 0.2) is 18.2 Å². The molecule has 1 aromatic rings. The fourth-order valence-corrected chi connectivity index (χ4v) is 2.82. The maximum absolute atomic E-state index is 5.75. The van der Waals surface area contributed by atoms with E-state index >= 15 is 0 Å². The van der Waals surface area contributed by atoms with Crippen LogP contribution in [0.5, 0.6) is 11.5 Å². The zero-order valence-electron chi connectivity index (χ0n) is 12.2. The first kappa shape index (κ1) is 13.7. The summed E-state index contributed by atoms with van der Waals surface area (Å²) in [4.78, 5) is 0. The molecule has 0 aromatic heterocycles. The van der Waals surface area contributed by atoms with E-state index in [1.54, 1.807) is 0 Å². The number of rotatable bonds is 3. The van der Waals surface area contributed by atoms with Crippen LogP contribution in [-0.2, 0) is 4.74 Å². The van der Waals surface area contributed by atoms with Crippen molar-refractivity contribution in [2.75, 3.05) is 19.8 Å². The van der Waals surface area contributed by atoms with Gasteiger partial charge in [-0.15, -0.1) is 0 Å². The van der Waals surface area contributed by atoms with Crippen molar-refractivity contribution < 1.29 is 14.2 Å². The molecule has 0 bridgehead atoms. The van der Waals surface area contributed by atoms with Crippen LogP contribution in [0, 0.1) is 0 Å². The van der Waals surface area contributed by atoms with Gasteiger partial charge >= 0.3 is 0 Å². The summed E-state index contributed by atoms with van der Waals surface area (Å²) in [5, 5.41) is 3.65. The Kier molecular flexibility index (Phi) is 4.13. The first-order chi connectivity index (χ1) is 9.74. The molecule has 0 spiro atoms. The van der Waals surface area contributed by atoms with Crippen LogP contribution < -0.4 is 14.8 Å². The second-order valence-electron chi connectivity index (χ2n) is 5.62. The standard InChI is InChI=1S/C16H23NO3/c1-11(17-14-6-9-18-12(14)2)13-4-5-15-16(10-13)20-8-3-7-19-15/h4-5,10-12,14,17H,3,6-9H2,1-2H3. The normalized spacial score (nSPS) is 27.1. The third-order valence-electron chi connectivity index (χ3n) is 4.11. The molecular weight excluding hydrogens is 254 g/mol. The first-order valence-corrected chi connectivity index (χ1v) is 7.51. The monoisotopic (exact) mass is 277 g/mol. The van der Waals surface area contributed by atoms with E-state index in [2.05, 4.69) is 31.3 Å². The lowest BCUT2D eigenvalue weighted by atomic mass is 10.0. The molecular formula is C16H23NO3. The summed E-state index contributed by atoms with van der Waals surface area (Å²) in [7, 11) is 0. The number of nitrogens with one attached hydrogen (secondary N) is 1. The van der Waals surface area contributed by atoms with Gasteiger partial charge in [-0.25, -0.2) is 0 Å². The Labute approximate surface area is 120 Å². The Morgan fingerprint density at radius 1 is 1.15 bits per heavy atom.